The highest BCUT2D eigenvalue weighted by Gasteiger charge is 2.25. The molecule has 3 aromatic rings. The molecule has 4 rings (SSSR count). The predicted molar refractivity (Wildman–Crippen MR) is 108 cm³/mol. The van der Waals surface area contributed by atoms with Gasteiger partial charge in [0.1, 0.15) is 5.75 Å². The molecule has 2 heterocycles. The van der Waals surface area contributed by atoms with E-state index in [0.29, 0.717) is 43.0 Å². The molecule has 0 saturated carbocycles. The number of rotatable bonds is 6. The minimum atomic E-state index is -3.81. The van der Waals surface area contributed by atoms with E-state index in [0.717, 1.165) is 5.56 Å². The topological polar surface area (TPSA) is 111 Å². The van der Waals surface area contributed by atoms with Crippen LogP contribution in [0.5, 0.6) is 5.75 Å². The Hall–Kier alpha value is -2.95. The van der Waals surface area contributed by atoms with Gasteiger partial charge in [0.25, 0.3) is 5.91 Å². The Bertz CT molecular complexity index is 1150. The fraction of sp³-hybridized carbons (Fsp3) is 0.300. The van der Waals surface area contributed by atoms with Crippen LogP contribution in [-0.4, -0.2) is 57.8 Å². The molecule has 0 spiro atoms. The first-order chi connectivity index (χ1) is 14.5. The number of carbonyl (C=O) groups is 1. The fourth-order valence-corrected chi connectivity index (χ4v) is 4.20. The van der Waals surface area contributed by atoms with Crippen molar-refractivity contribution in [3.8, 4) is 5.75 Å². The molecule has 1 saturated heterocycles. The summed E-state index contributed by atoms with van der Waals surface area (Å²) in [4.78, 5) is 14.4. The molecular formula is C20H21N3O6S. The van der Waals surface area contributed by atoms with E-state index in [-0.39, 0.29) is 23.0 Å². The fourth-order valence-electron chi connectivity index (χ4n) is 3.16. The molecule has 30 heavy (non-hydrogen) atoms. The van der Waals surface area contributed by atoms with E-state index in [9.17, 15) is 13.2 Å². The highest BCUT2D eigenvalue weighted by Crippen LogP contribution is 2.24. The highest BCUT2D eigenvalue weighted by molar-refractivity contribution is 7.89. The van der Waals surface area contributed by atoms with E-state index in [1.807, 2.05) is 0 Å². The number of sulfonamides is 1. The number of hydrogen-bond acceptors (Lipinski definition) is 7. The van der Waals surface area contributed by atoms with E-state index in [1.165, 1.54) is 18.2 Å². The largest absolute Gasteiger partial charge is 0.497 e. The molecule has 2 aromatic carbocycles. The molecule has 9 nitrogen and oxygen atoms in total. The van der Waals surface area contributed by atoms with Crippen molar-refractivity contribution in [3.05, 3.63) is 53.7 Å². The van der Waals surface area contributed by atoms with Crippen LogP contribution in [0, 0.1) is 0 Å². The maximum Gasteiger partial charge on any atom is 0.276 e. The van der Waals surface area contributed by atoms with Gasteiger partial charge in [0, 0.05) is 19.6 Å². The van der Waals surface area contributed by atoms with Crippen LogP contribution in [0.3, 0.4) is 0 Å². The van der Waals surface area contributed by atoms with Gasteiger partial charge in [0.05, 0.1) is 30.6 Å². The first-order valence-electron chi connectivity index (χ1n) is 9.37. The zero-order valence-electron chi connectivity index (χ0n) is 16.3. The van der Waals surface area contributed by atoms with Crippen LogP contribution >= 0.6 is 0 Å². The van der Waals surface area contributed by atoms with Crippen LogP contribution in [0.25, 0.3) is 11.0 Å². The number of aromatic nitrogens is 1. The Balaban J connectivity index is 1.56. The van der Waals surface area contributed by atoms with Gasteiger partial charge in [0.2, 0.25) is 10.0 Å². The number of nitrogens with one attached hydrogen (secondary N) is 1. The van der Waals surface area contributed by atoms with Crippen molar-refractivity contribution < 1.29 is 27.2 Å². The summed E-state index contributed by atoms with van der Waals surface area (Å²) in [6, 6.07) is 11.4. The van der Waals surface area contributed by atoms with Gasteiger partial charge in [-0.3, -0.25) is 4.79 Å². The third kappa shape index (κ3) is 4.16. The summed E-state index contributed by atoms with van der Waals surface area (Å²) < 4.78 is 43.7. The second-order valence-corrected chi connectivity index (χ2v) is 8.53. The molecule has 0 bridgehead atoms. The summed E-state index contributed by atoms with van der Waals surface area (Å²) in [6.45, 7) is 1.93. The SMILES string of the molecule is COc1ccc(CNS(=O)(=O)c2ccc3onc(C(=O)N4CCOCC4)c3c2)cc1. The number of carbonyl (C=O) groups excluding carboxylic acids is 1. The summed E-state index contributed by atoms with van der Waals surface area (Å²) in [5.74, 6) is 0.384. The van der Waals surface area contributed by atoms with Crippen molar-refractivity contribution >= 4 is 26.9 Å². The summed E-state index contributed by atoms with van der Waals surface area (Å²) >= 11 is 0. The molecule has 158 valence electrons. The number of nitrogens with zero attached hydrogens (tertiary/aromatic N) is 2. The van der Waals surface area contributed by atoms with Crippen LogP contribution in [0.2, 0.25) is 0 Å². The standard InChI is InChI=1S/C20H21N3O6S/c1-27-15-4-2-14(3-5-15)13-21-30(25,26)16-6-7-18-17(12-16)19(22-29-18)20(24)23-8-10-28-11-9-23/h2-7,12,21H,8-11,13H2,1H3. The van der Waals surface area contributed by atoms with Gasteiger partial charge in [-0.15, -0.1) is 0 Å². The molecule has 1 amide bonds. The summed E-state index contributed by atoms with van der Waals surface area (Å²) in [7, 11) is -2.24. The minimum absolute atomic E-state index is 0.0303. The van der Waals surface area contributed by atoms with Crippen LogP contribution in [0.4, 0.5) is 0 Å². The Morgan fingerprint density at radius 1 is 1.17 bits per heavy atom. The Labute approximate surface area is 173 Å². The summed E-state index contributed by atoms with van der Waals surface area (Å²) in [6.07, 6.45) is 0. The van der Waals surface area contributed by atoms with Gasteiger partial charge < -0.3 is 18.9 Å². The Morgan fingerprint density at radius 2 is 1.90 bits per heavy atom. The number of ether oxygens (including phenoxy) is 2. The number of hydrogen-bond donors (Lipinski definition) is 1. The highest BCUT2D eigenvalue weighted by atomic mass is 32.2. The van der Waals surface area contributed by atoms with Crippen LogP contribution in [-0.2, 0) is 21.3 Å². The lowest BCUT2D eigenvalue weighted by atomic mass is 10.2. The van der Waals surface area contributed by atoms with Crippen LogP contribution in [0.15, 0.2) is 51.9 Å². The Morgan fingerprint density at radius 3 is 2.60 bits per heavy atom. The monoisotopic (exact) mass is 431 g/mol. The quantitative estimate of drug-likeness (QED) is 0.633. The van der Waals surface area contributed by atoms with Gasteiger partial charge >= 0.3 is 0 Å². The van der Waals surface area contributed by atoms with Crippen LogP contribution in [0.1, 0.15) is 16.1 Å². The maximum atomic E-state index is 12.8. The first-order valence-corrected chi connectivity index (χ1v) is 10.9. The van der Waals surface area contributed by atoms with Crippen LogP contribution < -0.4 is 9.46 Å². The van der Waals surface area contributed by atoms with E-state index in [1.54, 1.807) is 36.3 Å². The molecule has 1 fully saturated rings. The molecular weight excluding hydrogens is 410 g/mol. The van der Waals surface area contributed by atoms with Gasteiger partial charge in [-0.2, -0.15) is 0 Å². The molecule has 1 N–H and O–H groups in total. The lowest BCUT2D eigenvalue weighted by Crippen LogP contribution is -2.40. The molecule has 0 radical (unpaired) electrons. The lowest BCUT2D eigenvalue weighted by molar-refractivity contribution is 0.0297. The number of fused-ring (bicyclic) bond motifs is 1. The second kappa shape index (κ2) is 8.42. The van der Waals surface area contributed by atoms with E-state index >= 15 is 0 Å². The molecule has 0 aliphatic carbocycles. The normalized spacial score (nSPS) is 14.8. The van der Waals surface area contributed by atoms with Crippen molar-refractivity contribution in [2.45, 2.75) is 11.4 Å². The zero-order valence-corrected chi connectivity index (χ0v) is 17.1. The minimum Gasteiger partial charge on any atom is -0.497 e. The van der Waals surface area contributed by atoms with Gasteiger partial charge in [-0.05, 0) is 35.9 Å². The average molecular weight is 431 g/mol. The van der Waals surface area contributed by atoms with E-state index in [4.69, 9.17) is 14.0 Å². The van der Waals surface area contributed by atoms with Crippen molar-refractivity contribution in [2.24, 2.45) is 0 Å². The average Bonchev–Trinajstić information content (AvgIpc) is 3.21. The molecule has 10 heteroatoms. The number of benzene rings is 2. The van der Waals surface area contributed by atoms with E-state index in [2.05, 4.69) is 9.88 Å². The maximum absolute atomic E-state index is 12.8. The third-order valence-corrected chi connectivity index (χ3v) is 6.28. The number of morpholine rings is 1. The molecule has 1 aliphatic heterocycles. The molecule has 1 aliphatic rings. The lowest BCUT2D eigenvalue weighted by Gasteiger charge is -2.25. The smallest absolute Gasteiger partial charge is 0.276 e. The third-order valence-electron chi connectivity index (χ3n) is 4.88. The molecule has 0 unspecified atom stereocenters. The Kier molecular flexibility index (Phi) is 5.71. The predicted octanol–water partition coefficient (Wildman–Crippen LogP) is 1.79. The molecule has 1 aromatic heterocycles. The van der Waals surface area contributed by atoms with Crippen molar-refractivity contribution in [2.75, 3.05) is 33.4 Å². The van der Waals surface area contributed by atoms with Gasteiger partial charge in [-0.1, -0.05) is 17.3 Å². The summed E-state index contributed by atoms with van der Waals surface area (Å²) in [5, 5.41) is 4.23. The van der Waals surface area contributed by atoms with Crippen molar-refractivity contribution in [1.82, 2.24) is 14.8 Å². The second-order valence-electron chi connectivity index (χ2n) is 6.77. The first kappa shape index (κ1) is 20.3. The number of amides is 1. The van der Waals surface area contributed by atoms with Crippen molar-refractivity contribution in [3.63, 3.8) is 0 Å². The van der Waals surface area contributed by atoms with Crippen molar-refractivity contribution in [1.29, 1.82) is 0 Å². The van der Waals surface area contributed by atoms with E-state index < -0.39 is 10.0 Å². The summed E-state index contributed by atoms with van der Waals surface area (Å²) in [5.41, 5.74) is 1.23. The van der Waals surface area contributed by atoms with Gasteiger partial charge in [0.15, 0.2) is 11.3 Å². The zero-order chi connectivity index (χ0) is 21.1. The number of methoxy groups -OCH3 is 1. The molecule has 0 atom stereocenters. The van der Waals surface area contributed by atoms with Gasteiger partial charge in [-0.25, -0.2) is 13.1 Å².